The number of nitrogens with zero attached hydrogens (tertiary/aromatic N) is 2. The molecule has 4 bridgehead atoms. The van der Waals surface area contributed by atoms with E-state index in [0.717, 1.165) is 19.3 Å². The monoisotopic (exact) mass is 458 g/mol. The van der Waals surface area contributed by atoms with E-state index in [1.807, 2.05) is 0 Å². The highest BCUT2D eigenvalue weighted by molar-refractivity contribution is 6.33. The first kappa shape index (κ1) is 21.1. The average molecular weight is 459 g/mol. The SMILES string of the molecule is COc1ccc(OC)c(Nc2cnn(C34C[C@@H]5CC(C[C@@H](C5)C3)[C@H]4C(=O)[O-])c(=O)c2Cl)c1. The fourth-order valence-electron chi connectivity index (χ4n) is 6.61. The lowest BCUT2D eigenvalue weighted by Crippen LogP contribution is -2.65. The second-order valence-corrected chi connectivity index (χ2v) is 9.67. The fraction of sp³-hybridized carbons (Fsp3) is 0.522. The van der Waals surface area contributed by atoms with E-state index in [4.69, 9.17) is 21.1 Å². The number of carboxylic acids is 1. The van der Waals surface area contributed by atoms with Crippen LogP contribution in [0, 0.1) is 23.7 Å². The van der Waals surface area contributed by atoms with Crippen LogP contribution in [0.1, 0.15) is 32.1 Å². The number of aliphatic carboxylic acids is 1. The summed E-state index contributed by atoms with van der Waals surface area (Å²) in [6.45, 7) is 0. The molecule has 4 saturated carbocycles. The van der Waals surface area contributed by atoms with Crippen LogP contribution in [0.2, 0.25) is 5.02 Å². The van der Waals surface area contributed by atoms with Gasteiger partial charge >= 0.3 is 0 Å². The van der Waals surface area contributed by atoms with Gasteiger partial charge in [-0.1, -0.05) is 11.6 Å². The Morgan fingerprint density at radius 3 is 2.53 bits per heavy atom. The molecule has 2 unspecified atom stereocenters. The number of aromatic nitrogens is 2. The molecule has 1 heterocycles. The third kappa shape index (κ3) is 3.15. The lowest BCUT2D eigenvalue weighted by Gasteiger charge is -2.61. The van der Waals surface area contributed by atoms with E-state index in [1.54, 1.807) is 25.3 Å². The molecular formula is C23H25ClN3O5-. The third-order valence-corrected chi connectivity index (χ3v) is 7.91. The number of carboxylic acid groups (broad SMARTS) is 1. The Morgan fingerprint density at radius 1 is 1.19 bits per heavy atom. The molecule has 0 saturated heterocycles. The highest BCUT2D eigenvalue weighted by Crippen LogP contribution is 2.61. The molecule has 0 aliphatic heterocycles. The van der Waals surface area contributed by atoms with Gasteiger partial charge in [0.05, 0.1) is 37.3 Å². The standard InChI is InChI=1S/C23H26ClN3O5/c1-31-15-3-4-18(32-2)16(8-15)26-17-11-25-27(21(28)20(17)24)23-9-12-5-13(10-23)7-14(6-12)19(23)22(29)30/h3-4,8,11-14,19,26H,5-7,9-10H2,1-2H3,(H,29,30)/p-1/t12-,13+,14?,19-,23?/m0/s1. The zero-order valence-corrected chi connectivity index (χ0v) is 18.7. The molecule has 9 heteroatoms. The minimum absolute atomic E-state index is 0.0255. The Morgan fingerprint density at radius 2 is 1.91 bits per heavy atom. The summed E-state index contributed by atoms with van der Waals surface area (Å²) in [5.41, 5.74) is -0.489. The van der Waals surface area contributed by atoms with Gasteiger partial charge in [0, 0.05) is 18.0 Å². The number of hydrogen-bond acceptors (Lipinski definition) is 7. The van der Waals surface area contributed by atoms with Gasteiger partial charge in [-0.3, -0.25) is 4.79 Å². The van der Waals surface area contributed by atoms with E-state index >= 15 is 0 Å². The van der Waals surface area contributed by atoms with Gasteiger partial charge in [-0.25, -0.2) is 4.68 Å². The molecule has 32 heavy (non-hydrogen) atoms. The summed E-state index contributed by atoms with van der Waals surface area (Å²) in [5.74, 6) is 0.178. The second kappa shape index (κ2) is 7.69. The summed E-state index contributed by atoms with van der Waals surface area (Å²) < 4.78 is 12.0. The topological polar surface area (TPSA) is 106 Å². The van der Waals surface area contributed by atoms with Crippen LogP contribution in [0.15, 0.2) is 29.2 Å². The highest BCUT2D eigenvalue weighted by Gasteiger charge is 2.59. The van der Waals surface area contributed by atoms with Gasteiger partial charge in [0.2, 0.25) is 0 Å². The van der Waals surface area contributed by atoms with Crippen LogP contribution in [-0.4, -0.2) is 30.0 Å². The van der Waals surface area contributed by atoms with Crippen molar-refractivity contribution in [2.24, 2.45) is 23.7 Å². The van der Waals surface area contributed by atoms with Crippen LogP contribution in [0.3, 0.4) is 0 Å². The van der Waals surface area contributed by atoms with E-state index in [2.05, 4.69) is 10.4 Å². The van der Waals surface area contributed by atoms with Gasteiger partial charge in [-0.15, -0.1) is 0 Å². The quantitative estimate of drug-likeness (QED) is 0.709. The number of hydrogen-bond donors (Lipinski definition) is 1. The van der Waals surface area contributed by atoms with Crippen LogP contribution in [-0.2, 0) is 10.3 Å². The first-order valence-corrected chi connectivity index (χ1v) is 11.2. The van der Waals surface area contributed by atoms with E-state index < -0.39 is 23.0 Å². The van der Waals surface area contributed by atoms with E-state index in [0.29, 0.717) is 47.6 Å². The average Bonchev–Trinajstić information content (AvgIpc) is 2.75. The molecule has 1 aromatic carbocycles. The molecule has 8 nitrogen and oxygen atoms in total. The van der Waals surface area contributed by atoms with Gasteiger partial charge in [0.15, 0.2) is 0 Å². The largest absolute Gasteiger partial charge is 0.550 e. The number of carbonyl (C=O) groups is 1. The normalized spacial score (nSPS) is 30.2. The minimum Gasteiger partial charge on any atom is -0.550 e. The molecule has 0 amide bonds. The van der Waals surface area contributed by atoms with Gasteiger partial charge in [0.25, 0.3) is 5.56 Å². The summed E-state index contributed by atoms with van der Waals surface area (Å²) in [6.07, 6.45) is 5.59. The Hall–Kier alpha value is -2.74. The van der Waals surface area contributed by atoms with Gasteiger partial charge in [0.1, 0.15) is 16.5 Å². The fourth-order valence-corrected chi connectivity index (χ4v) is 6.78. The van der Waals surface area contributed by atoms with Crippen LogP contribution >= 0.6 is 11.6 Å². The molecular weight excluding hydrogens is 434 g/mol. The van der Waals surface area contributed by atoms with Crippen molar-refractivity contribution in [2.45, 2.75) is 37.6 Å². The Bertz CT molecular complexity index is 1120. The molecule has 1 N–H and O–H groups in total. The van der Waals surface area contributed by atoms with E-state index in [1.165, 1.54) is 18.0 Å². The molecule has 6 rings (SSSR count). The van der Waals surface area contributed by atoms with E-state index in [9.17, 15) is 14.7 Å². The number of ether oxygens (including phenoxy) is 2. The van der Waals surface area contributed by atoms with Crippen molar-refractivity contribution in [3.05, 3.63) is 39.8 Å². The van der Waals surface area contributed by atoms with Crippen LogP contribution in [0.25, 0.3) is 0 Å². The van der Waals surface area contributed by atoms with Crippen molar-refractivity contribution in [1.29, 1.82) is 0 Å². The summed E-state index contributed by atoms with van der Waals surface area (Å²) in [7, 11) is 3.10. The number of nitrogens with one attached hydrogen (secondary N) is 1. The zero-order chi connectivity index (χ0) is 22.6. The number of methoxy groups -OCH3 is 2. The zero-order valence-electron chi connectivity index (χ0n) is 18.0. The minimum atomic E-state index is -1.10. The highest BCUT2D eigenvalue weighted by atomic mass is 35.5. The molecule has 5 atom stereocenters. The molecule has 170 valence electrons. The molecule has 2 aromatic rings. The summed E-state index contributed by atoms with van der Waals surface area (Å²) in [5, 5.41) is 19.7. The van der Waals surface area contributed by atoms with Gasteiger partial charge < -0.3 is 24.7 Å². The predicted octanol–water partition coefficient (Wildman–Crippen LogP) is 2.56. The first-order valence-electron chi connectivity index (χ1n) is 10.8. The lowest BCUT2D eigenvalue weighted by atomic mass is 9.48. The van der Waals surface area contributed by atoms with Crippen molar-refractivity contribution < 1.29 is 19.4 Å². The predicted molar refractivity (Wildman–Crippen MR) is 116 cm³/mol. The summed E-state index contributed by atoms with van der Waals surface area (Å²) in [4.78, 5) is 25.6. The summed E-state index contributed by atoms with van der Waals surface area (Å²) >= 11 is 6.51. The molecule has 4 aliphatic carbocycles. The molecule has 0 radical (unpaired) electrons. The molecule has 1 aromatic heterocycles. The number of halogens is 1. The number of rotatable bonds is 6. The van der Waals surface area contributed by atoms with Gasteiger partial charge in [-0.05, 0) is 62.0 Å². The Labute approximate surface area is 190 Å². The smallest absolute Gasteiger partial charge is 0.288 e. The van der Waals surface area contributed by atoms with Crippen molar-refractivity contribution in [3.8, 4) is 11.5 Å². The maximum atomic E-state index is 13.4. The second-order valence-electron chi connectivity index (χ2n) is 9.29. The maximum Gasteiger partial charge on any atom is 0.288 e. The van der Waals surface area contributed by atoms with Crippen LogP contribution in [0.5, 0.6) is 11.5 Å². The lowest BCUT2D eigenvalue weighted by molar-refractivity contribution is -0.323. The number of carbonyl (C=O) groups excluding carboxylic acids is 1. The van der Waals surface area contributed by atoms with Gasteiger partial charge in [-0.2, -0.15) is 5.10 Å². The van der Waals surface area contributed by atoms with Crippen molar-refractivity contribution in [3.63, 3.8) is 0 Å². The van der Waals surface area contributed by atoms with Crippen LogP contribution < -0.4 is 25.5 Å². The number of benzene rings is 1. The molecule has 4 fully saturated rings. The van der Waals surface area contributed by atoms with E-state index in [-0.39, 0.29) is 10.9 Å². The van der Waals surface area contributed by atoms with Crippen molar-refractivity contribution in [2.75, 3.05) is 19.5 Å². The Kier molecular flexibility index (Phi) is 5.08. The molecule has 0 spiro atoms. The third-order valence-electron chi connectivity index (χ3n) is 7.54. The number of anilines is 2. The van der Waals surface area contributed by atoms with Crippen LogP contribution in [0.4, 0.5) is 11.4 Å². The van der Waals surface area contributed by atoms with Crippen molar-refractivity contribution >= 4 is 28.9 Å². The van der Waals surface area contributed by atoms with Crippen molar-refractivity contribution in [1.82, 2.24) is 9.78 Å². The molecule has 4 aliphatic rings. The first-order chi connectivity index (χ1) is 15.4. The summed E-state index contributed by atoms with van der Waals surface area (Å²) in [6, 6.07) is 5.23. The maximum absolute atomic E-state index is 13.4. The Balaban J connectivity index is 1.55.